The maximum atomic E-state index is 11.6. The number of thiophene rings is 1. The summed E-state index contributed by atoms with van der Waals surface area (Å²) in [5.74, 6) is -2.07. The molecule has 0 unspecified atom stereocenters. The van der Waals surface area contributed by atoms with E-state index in [1.807, 2.05) is 6.92 Å². The third kappa shape index (κ3) is 3.27. The van der Waals surface area contributed by atoms with Crippen molar-refractivity contribution in [3.05, 3.63) is 21.9 Å². The Labute approximate surface area is 97.2 Å². The van der Waals surface area contributed by atoms with Crippen LogP contribution in [0.3, 0.4) is 0 Å². The summed E-state index contributed by atoms with van der Waals surface area (Å²) >= 11 is 1.31. The lowest BCUT2D eigenvalue weighted by Gasteiger charge is -1.99. The van der Waals surface area contributed by atoms with E-state index in [9.17, 15) is 14.4 Å². The van der Waals surface area contributed by atoms with E-state index in [-0.39, 0.29) is 12.4 Å². The predicted octanol–water partition coefficient (Wildman–Crippen LogP) is 1.76. The molecule has 0 bridgehead atoms. The summed E-state index contributed by atoms with van der Waals surface area (Å²) in [6.45, 7) is 3.61. The average Bonchev–Trinajstić information content (AvgIpc) is 2.65. The molecular weight excluding hydrogens is 228 g/mol. The summed E-state index contributed by atoms with van der Waals surface area (Å²) in [5, 5.41) is 0. The van der Waals surface area contributed by atoms with Gasteiger partial charge in [-0.3, -0.25) is 9.59 Å². The summed E-state index contributed by atoms with van der Waals surface area (Å²) in [6.07, 6.45) is -0.418. The van der Waals surface area contributed by atoms with E-state index in [1.165, 1.54) is 11.3 Å². The van der Waals surface area contributed by atoms with E-state index in [0.29, 0.717) is 4.88 Å². The van der Waals surface area contributed by atoms with Gasteiger partial charge in [-0.1, -0.05) is 0 Å². The van der Waals surface area contributed by atoms with Crippen LogP contribution in [0.4, 0.5) is 0 Å². The Balaban J connectivity index is 2.58. The van der Waals surface area contributed by atoms with Crippen LogP contribution >= 0.6 is 11.3 Å². The number of ketones is 2. The highest BCUT2D eigenvalue weighted by atomic mass is 32.1. The molecule has 1 heterocycles. The topological polar surface area (TPSA) is 60.4 Å². The van der Waals surface area contributed by atoms with Crippen molar-refractivity contribution in [2.75, 3.05) is 6.61 Å². The van der Waals surface area contributed by atoms with Crippen LogP contribution in [0.25, 0.3) is 0 Å². The molecule has 0 aliphatic heterocycles. The maximum absolute atomic E-state index is 11.6. The fourth-order valence-corrected chi connectivity index (χ4v) is 1.91. The van der Waals surface area contributed by atoms with Gasteiger partial charge >= 0.3 is 5.97 Å². The van der Waals surface area contributed by atoms with Crippen molar-refractivity contribution in [1.29, 1.82) is 0 Å². The number of esters is 1. The number of rotatable bonds is 5. The van der Waals surface area contributed by atoms with E-state index in [0.717, 1.165) is 4.88 Å². The first-order chi connectivity index (χ1) is 7.54. The predicted molar refractivity (Wildman–Crippen MR) is 59.6 cm³/mol. The third-order valence-corrected chi connectivity index (χ3v) is 2.88. The summed E-state index contributed by atoms with van der Waals surface area (Å²) < 4.78 is 4.51. The SMILES string of the molecule is CCOC(=O)C(=O)CC(=O)c1ccc(C)s1. The van der Waals surface area contributed by atoms with Crippen LogP contribution in [-0.4, -0.2) is 24.1 Å². The fourth-order valence-electron chi connectivity index (χ4n) is 1.10. The van der Waals surface area contributed by atoms with E-state index < -0.39 is 18.2 Å². The second kappa shape index (κ2) is 5.55. The lowest BCUT2D eigenvalue weighted by Crippen LogP contribution is -2.20. The van der Waals surface area contributed by atoms with Crippen molar-refractivity contribution in [3.8, 4) is 0 Å². The number of hydrogen-bond donors (Lipinski definition) is 0. The minimum atomic E-state index is -0.941. The minimum absolute atomic E-state index is 0.136. The van der Waals surface area contributed by atoms with Crippen molar-refractivity contribution in [1.82, 2.24) is 0 Å². The van der Waals surface area contributed by atoms with Crippen LogP contribution in [0.2, 0.25) is 0 Å². The molecule has 0 N–H and O–H groups in total. The molecule has 1 rings (SSSR count). The normalized spacial score (nSPS) is 9.88. The number of carbonyl (C=O) groups excluding carboxylic acids is 3. The molecule has 5 heteroatoms. The molecule has 0 fully saturated rings. The lowest BCUT2D eigenvalue weighted by molar-refractivity contribution is -0.153. The largest absolute Gasteiger partial charge is 0.460 e. The molecule has 0 amide bonds. The van der Waals surface area contributed by atoms with Gasteiger partial charge < -0.3 is 4.74 Å². The number of ether oxygens (including phenoxy) is 1. The van der Waals surface area contributed by atoms with Crippen molar-refractivity contribution in [2.45, 2.75) is 20.3 Å². The highest BCUT2D eigenvalue weighted by molar-refractivity contribution is 7.14. The summed E-state index contributed by atoms with van der Waals surface area (Å²) in [5.41, 5.74) is 0. The molecule has 4 nitrogen and oxygen atoms in total. The van der Waals surface area contributed by atoms with Crippen LogP contribution in [0.1, 0.15) is 27.9 Å². The first kappa shape index (κ1) is 12.6. The molecule has 1 aromatic heterocycles. The summed E-state index contributed by atoms with van der Waals surface area (Å²) in [6, 6.07) is 3.45. The minimum Gasteiger partial charge on any atom is -0.460 e. The molecule has 0 aliphatic rings. The summed E-state index contributed by atoms with van der Waals surface area (Å²) in [4.78, 5) is 35.3. The Bertz CT molecular complexity index is 419. The van der Waals surface area contributed by atoms with Gasteiger partial charge in [0.05, 0.1) is 17.9 Å². The Morgan fingerprint density at radius 1 is 1.31 bits per heavy atom. The smallest absolute Gasteiger partial charge is 0.375 e. The molecule has 0 spiro atoms. The maximum Gasteiger partial charge on any atom is 0.375 e. The van der Waals surface area contributed by atoms with Crippen LogP contribution in [0.15, 0.2) is 12.1 Å². The molecule has 0 atom stereocenters. The molecule has 0 radical (unpaired) electrons. The van der Waals surface area contributed by atoms with Crippen LogP contribution in [0.5, 0.6) is 0 Å². The molecule has 1 aromatic rings. The molecule has 86 valence electrons. The van der Waals surface area contributed by atoms with Gasteiger partial charge in [0.15, 0.2) is 5.78 Å². The van der Waals surface area contributed by atoms with Gasteiger partial charge in [0.1, 0.15) is 0 Å². The molecular formula is C11H12O4S. The zero-order valence-electron chi connectivity index (χ0n) is 9.11. The highest BCUT2D eigenvalue weighted by Gasteiger charge is 2.20. The van der Waals surface area contributed by atoms with Gasteiger partial charge in [-0.25, -0.2) is 4.79 Å². The monoisotopic (exact) mass is 240 g/mol. The Hall–Kier alpha value is -1.49. The van der Waals surface area contributed by atoms with Crippen molar-refractivity contribution < 1.29 is 19.1 Å². The first-order valence-electron chi connectivity index (χ1n) is 4.84. The number of aryl methyl sites for hydroxylation is 1. The van der Waals surface area contributed by atoms with Crippen LogP contribution < -0.4 is 0 Å². The third-order valence-electron chi connectivity index (χ3n) is 1.84. The van der Waals surface area contributed by atoms with E-state index in [4.69, 9.17) is 0 Å². The number of hydrogen-bond acceptors (Lipinski definition) is 5. The average molecular weight is 240 g/mol. The van der Waals surface area contributed by atoms with Gasteiger partial charge in [-0.05, 0) is 26.0 Å². The highest BCUT2D eigenvalue weighted by Crippen LogP contribution is 2.16. The molecule has 0 saturated carbocycles. The van der Waals surface area contributed by atoms with Gasteiger partial charge in [-0.2, -0.15) is 0 Å². The second-order valence-corrected chi connectivity index (χ2v) is 4.44. The Morgan fingerprint density at radius 3 is 2.50 bits per heavy atom. The van der Waals surface area contributed by atoms with E-state index >= 15 is 0 Å². The quantitative estimate of drug-likeness (QED) is 0.340. The Kier molecular flexibility index (Phi) is 4.37. The molecule has 0 saturated heterocycles. The van der Waals surface area contributed by atoms with Gasteiger partial charge in [0.25, 0.3) is 0 Å². The fraction of sp³-hybridized carbons (Fsp3) is 0.364. The molecule has 16 heavy (non-hydrogen) atoms. The first-order valence-corrected chi connectivity index (χ1v) is 5.65. The summed E-state index contributed by atoms with van der Waals surface area (Å²) in [7, 11) is 0. The zero-order valence-corrected chi connectivity index (χ0v) is 9.93. The standard InChI is InChI=1S/C11H12O4S/c1-3-15-11(14)9(13)6-8(12)10-5-4-7(2)16-10/h4-5H,3,6H2,1-2H3. The van der Waals surface area contributed by atoms with Gasteiger partial charge in [0, 0.05) is 4.88 Å². The lowest BCUT2D eigenvalue weighted by atomic mass is 10.2. The molecule has 0 aliphatic carbocycles. The number of Topliss-reactive ketones (excluding diaryl/α,β-unsaturated/α-hetero) is 2. The number of carbonyl (C=O) groups is 3. The van der Waals surface area contributed by atoms with Crippen molar-refractivity contribution in [3.63, 3.8) is 0 Å². The van der Waals surface area contributed by atoms with Crippen molar-refractivity contribution >= 4 is 28.9 Å². The van der Waals surface area contributed by atoms with Crippen LogP contribution in [-0.2, 0) is 14.3 Å². The van der Waals surface area contributed by atoms with Crippen LogP contribution in [0, 0.1) is 6.92 Å². The van der Waals surface area contributed by atoms with Gasteiger partial charge in [-0.15, -0.1) is 11.3 Å². The Morgan fingerprint density at radius 2 is 2.00 bits per heavy atom. The second-order valence-electron chi connectivity index (χ2n) is 3.15. The van der Waals surface area contributed by atoms with E-state index in [2.05, 4.69) is 4.74 Å². The van der Waals surface area contributed by atoms with E-state index in [1.54, 1.807) is 19.1 Å². The van der Waals surface area contributed by atoms with Crippen molar-refractivity contribution in [2.24, 2.45) is 0 Å². The zero-order chi connectivity index (χ0) is 12.1. The van der Waals surface area contributed by atoms with Gasteiger partial charge in [0.2, 0.25) is 5.78 Å². The molecule has 0 aromatic carbocycles.